The molecule has 0 saturated heterocycles. The van der Waals surface area contributed by atoms with Gasteiger partial charge in [0, 0.05) is 12.1 Å². The fourth-order valence-electron chi connectivity index (χ4n) is 1.39. The van der Waals surface area contributed by atoms with E-state index in [1.165, 1.54) is 0 Å². The Hall–Kier alpha value is -0.770. The molecular formula is C12H16Cl2N2O. The number of rotatable bonds is 6. The normalized spacial score (nSPS) is 10.3. The van der Waals surface area contributed by atoms with Crippen molar-refractivity contribution in [3.05, 3.63) is 33.8 Å². The molecule has 1 amide bonds. The molecule has 0 aliphatic carbocycles. The molecule has 0 saturated carbocycles. The Kier molecular flexibility index (Phi) is 6.34. The second kappa shape index (κ2) is 7.54. The number of carbonyl (C=O) groups is 1. The van der Waals surface area contributed by atoms with E-state index in [9.17, 15) is 4.79 Å². The first kappa shape index (κ1) is 14.3. The number of hydrogen-bond acceptors (Lipinski definition) is 2. The molecule has 3 nitrogen and oxygen atoms in total. The summed E-state index contributed by atoms with van der Waals surface area (Å²) in [5.41, 5.74) is 5.90. The largest absolute Gasteiger partial charge is 0.352 e. The van der Waals surface area contributed by atoms with Gasteiger partial charge in [-0.3, -0.25) is 4.79 Å². The molecule has 5 heteroatoms. The molecule has 3 N–H and O–H groups in total. The summed E-state index contributed by atoms with van der Waals surface area (Å²) < 4.78 is 0. The van der Waals surface area contributed by atoms with Crippen molar-refractivity contribution in [1.82, 2.24) is 5.32 Å². The van der Waals surface area contributed by atoms with Gasteiger partial charge in [0.2, 0.25) is 0 Å². The number of nitrogens with two attached hydrogens (primary N) is 1. The lowest BCUT2D eigenvalue weighted by Gasteiger charge is -2.05. The average molecular weight is 275 g/mol. The van der Waals surface area contributed by atoms with Crippen molar-refractivity contribution in [3.63, 3.8) is 0 Å². The fourth-order valence-corrected chi connectivity index (χ4v) is 1.69. The topological polar surface area (TPSA) is 55.1 Å². The lowest BCUT2D eigenvalue weighted by Crippen LogP contribution is -2.24. The van der Waals surface area contributed by atoms with Crippen molar-refractivity contribution < 1.29 is 4.79 Å². The van der Waals surface area contributed by atoms with Crippen LogP contribution in [-0.2, 0) is 0 Å². The van der Waals surface area contributed by atoms with Gasteiger partial charge in [0.15, 0.2) is 0 Å². The summed E-state index contributed by atoms with van der Waals surface area (Å²) in [6.45, 7) is 1.35. The van der Waals surface area contributed by atoms with Gasteiger partial charge in [-0.25, -0.2) is 0 Å². The van der Waals surface area contributed by atoms with Crippen molar-refractivity contribution in [1.29, 1.82) is 0 Å². The Labute approximate surface area is 111 Å². The van der Waals surface area contributed by atoms with Crippen LogP contribution in [0.3, 0.4) is 0 Å². The molecule has 0 fully saturated rings. The Morgan fingerprint density at radius 2 is 1.94 bits per heavy atom. The zero-order valence-corrected chi connectivity index (χ0v) is 11.0. The minimum atomic E-state index is -0.128. The van der Waals surface area contributed by atoms with Crippen molar-refractivity contribution in [2.45, 2.75) is 19.3 Å². The lowest BCUT2D eigenvalue weighted by molar-refractivity contribution is 0.0953. The minimum Gasteiger partial charge on any atom is -0.352 e. The Morgan fingerprint density at radius 3 is 2.59 bits per heavy atom. The average Bonchev–Trinajstić information content (AvgIpc) is 2.32. The highest BCUT2D eigenvalue weighted by Gasteiger charge is 2.06. The van der Waals surface area contributed by atoms with Gasteiger partial charge in [0.05, 0.1) is 10.0 Å². The fraction of sp³-hybridized carbons (Fsp3) is 0.417. The maximum atomic E-state index is 11.7. The summed E-state index contributed by atoms with van der Waals surface area (Å²) in [5.74, 6) is -0.128. The van der Waals surface area contributed by atoms with E-state index in [4.69, 9.17) is 28.9 Å². The predicted molar refractivity (Wildman–Crippen MR) is 71.7 cm³/mol. The van der Waals surface area contributed by atoms with Crippen molar-refractivity contribution in [2.75, 3.05) is 13.1 Å². The van der Waals surface area contributed by atoms with Crippen LogP contribution in [0.4, 0.5) is 0 Å². The first-order chi connectivity index (χ1) is 8.15. The summed E-state index contributed by atoms with van der Waals surface area (Å²) in [6.07, 6.45) is 2.95. The molecule has 0 aliphatic rings. The summed E-state index contributed by atoms with van der Waals surface area (Å²) in [6, 6.07) is 4.84. The summed E-state index contributed by atoms with van der Waals surface area (Å²) in [7, 11) is 0. The number of nitrogens with one attached hydrogen (secondary N) is 1. The lowest BCUT2D eigenvalue weighted by atomic mass is 10.2. The van der Waals surface area contributed by atoms with Crippen LogP contribution >= 0.6 is 23.2 Å². The molecule has 0 heterocycles. The van der Waals surface area contributed by atoms with Gasteiger partial charge in [-0.2, -0.15) is 0 Å². The molecule has 1 aromatic carbocycles. The molecule has 0 aromatic heterocycles. The Bertz CT molecular complexity index is 383. The third-order valence-electron chi connectivity index (χ3n) is 2.35. The number of hydrogen-bond donors (Lipinski definition) is 2. The molecule has 1 aromatic rings. The van der Waals surface area contributed by atoms with E-state index in [1.807, 2.05) is 0 Å². The third kappa shape index (κ3) is 4.94. The summed E-state index contributed by atoms with van der Waals surface area (Å²) in [5, 5.41) is 3.66. The predicted octanol–water partition coefficient (Wildman–Crippen LogP) is 2.85. The highest BCUT2D eigenvalue weighted by molar-refractivity contribution is 6.42. The van der Waals surface area contributed by atoms with Gasteiger partial charge < -0.3 is 11.1 Å². The summed E-state index contributed by atoms with van der Waals surface area (Å²) in [4.78, 5) is 11.7. The molecule has 0 unspecified atom stereocenters. The van der Waals surface area contributed by atoms with Crippen LogP contribution in [0.15, 0.2) is 18.2 Å². The molecular weight excluding hydrogens is 259 g/mol. The van der Waals surface area contributed by atoms with E-state index in [-0.39, 0.29) is 5.91 Å². The zero-order chi connectivity index (χ0) is 12.7. The minimum absolute atomic E-state index is 0.128. The molecule has 0 aliphatic heterocycles. The SMILES string of the molecule is NCCCCCNC(=O)c1ccc(Cl)c(Cl)c1. The van der Waals surface area contributed by atoms with Gasteiger partial charge in [0.1, 0.15) is 0 Å². The highest BCUT2D eigenvalue weighted by atomic mass is 35.5. The number of benzene rings is 1. The quantitative estimate of drug-likeness (QED) is 0.784. The molecule has 17 heavy (non-hydrogen) atoms. The van der Waals surface area contributed by atoms with E-state index in [2.05, 4.69) is 5.32 Å². The Morgan fingerprint density at radius 1 is 1.18 bits per heavy atom. The van der Waals surface area contributed by atoms with Gasteiger partial charge in [-0.05, 0) is 37.6 Å². The third-order valence-corrected chi connectivity index (χ3v) is 3.09. The second-order valence-corrected chi connectivity index (χ2v) is 4.55. The van der Waals surface area contributed by atoms with Crippen LogP contribution in [0.25, 0.3) is 0 Å². The zero-order valence-electron chi connectivity index (χ0n) is 9.51. The van der Waals surface area contributed by atoms with Crippen LogP contribution in [0.1, 0.15) is 29.6 Å². The molecule has 0 radical (unpaired) electrons. The van der Waals surface area contributed by atoms with Crippen molar-refractivity contribution in [2.24, 2.45) is 5.73 Å². The molecule has 0 bridgehead atoms. The van der Waals surface area contributed by atoms with Gasteiger partial charge in [0.25, 0.3) is 5.91 Å². The van der Waals surface area contributed by atoms with E-state index in [0.29, 0.717) is 28.7 Å². The van der Waals surface area contributed by atoms with E-state index >= 15 is 0 Å². The van der Waals surface area contributed by atoms with Crippen LogP contribution < -0.4 is 11.1 Å². The smallest absolute Gasteiger partial charge is 0.251 e. The van der Waals surface area contributed by atoms with E-state index < -0.39 is 0 Å². The number of amides is 1. The van der Waals surface area contributed by atoms with Gasteiger partial charge in [-0.1, -0.05) is 29.6 Å². The van der Waals surface area contributed by atoms with Crippen molar-refractivity contribution >= 4 is 29.1 Å². The van der Waals surface area contributed by atoms with Crippen LogP contribution in [0.2, 0.25) is 10.0 Å². The van der Waals surface area contributed by atoms with Crippen LogP contribution in [0.5, 0.6) is 0 Å². The van der Waals surface area contributed by atoms with E-state index in [0.717, 1.165) is 19.3 Å². The maximum absolute atomic E-state index is 11.7. The maximum Gasteiger partial charge on any atom is 0.251 e. The van der Waals surface area contributed by atoms with Gasteiger partial charge >= 0.3 is 0 Å². The first-order valence-electron chi connectivity index (χ1n) is 5.58. The molecule has 0 spiro atoms. The number of unbranched alkanes of at least 4 members (excludes halogenated alkanes) is 2. The molecule has 0 atom stereocenters. The monoisotopic (exact) mass is 274 g/mol. The second-order valence-electron chi connectivity index (χ2n) is 3.73. The first-order valence-corrected chi connectivity index (χ1v) is 6.34. The van der Waals surface area contributed by atoms with Crippen LogP contribution in [0, 0.1) is 0 Å². The van der Waals surface area contributed by atoms with E-state index in [1.54, 1.807) is 18.2 Å². The van der Waals surface area contributed by atoms with Crippen molar-refractivity contribution in [3.8, 4) is 0 Å². The Balaban J connectivity index is 2.39. The van der Waals surface area contributed by atoms with Crippen LogP contribution in [-0.4, -0.2) is 19.0 Å². The molecule has 1 rings (SSSR count). The standard InChI is InChI=1S/C12H16Cl2N2O/c13-10-5-4-9(8-11(10)14)12(17)16-7-3-1-2-6-15/h4-5,8H,1-3,6-7,15H2,(H,16,17). The number of halogens is 2. The highest BCUT2D eigenvalue weighted by Crippen LogP contribution is 2.22. The van der Waals surface area contributed by atoms with Gasteiger partial charge in [-0.15, -0.1) is 0 Å². The number of carbonyl (C=O) groups excluding carboxylic acids is 1. The molecule has 94 valence electrons. The summed E-state index contributed by atoms with van der Waals surface area (Å²) >= 11 is 11.6.